The van der Waals surface area contributed by atoms with Crippen LogP contribution in [0.5, 0.6) is 11.5 Å². The predicted octanol–water partition coefficient (Wildman–Crippen LogP) is 5.16. The Morgan fingerprint density at radius 3 is 2.23 bits per heavy atom. The lowest BCUT2D eigenvalue weighted by Crippen LogP contribution is -2.09. The number of carbonyl (C=O) groups excluding carboxylic acids is 2. The molecule has 0 fully saturated rings. The standard InChI is InChI=1S/C20H15FO4S/c1-10(2)19(22)24-12-5-6-13-14-7-8-15(25-20(23)11(3)4)17(21)18(14)26-16(13)9-12/h5-9H,1,3H2,2,4H3. The van der Waals surface area contributed by atoms with Gasteiger partial charge in [-0.05, 0) is 44.2 Å². The number of ether oxygens (including phenoxy) is 2. The molecule has 0 N–H and O–H groups in total. The lowest BCUT2D eigenvalue weighted by Gasteiger charge is -2.05. The SMILES string of the molecule is C=C(C)C(=O)Oc1ccc2c(c1)sc1c(F)c(OC(=O)C(=C)C)ccc12. The molecule has 0 saturated heterocycles. The summed E-state index contributed by atoms with van der Waals surface area (Å²) in [5.74, 6) is -1.61. The molecular formula is C20H15FO4S. The maximum atomic E-state index is 14.8. The molecule has 0 amide bonds. The molecule has 0 atom stereocenters. The lowest BCUT2D eigenvalue weighted by molar-refractivity contribution is -0.131. The normalized spacial score (nSPS) is 10.7. The van der Waals surface area contributed by atoms with Crippen LogP contribution in [-0.2, 0) is 9.59 Å². The van der Waals surface area contributed by atoms with Crippen LogP contribution < -0.4 is 9.47 Å². The molecule has 0 radical (unpaired) electrons. The summed E-state index contributed by atoms with van der Waals surface area (Å²) in [4.78, 5) is 23.3. The van der Waals surface area contributed by atoms with Gasteiger partial charge in [-0.15, -0.1) is 11.3 Å². The van der Waals surface area contributed by atoms with Crippen molar-refractivity contribution in [3.05, 3.63) is 60.5 Å². The third kappa shape index (κ3) is 3.23. The third-order valence-corrected chi connectivity index (χ3v) is 4.79. The predicted molar refractivity (Wildman–Crippen MR) is 100 cm³/mol. The summed E-state index contributed by atoms with van der Waals surface area (Å²) in [6.45, 7) is 10.1. The maximum Gasteiger partial charge on any atom is 0.338 e. The zero-order valence-electron chi connectivity index (χ0n) is 14.2. The van der Waals surface area contributed by atoms with E-state index in [9.17, 15) is 14.0 Å². The molecule has 1 heterocycles. The van der Waals surface area contributed by atoms with Gasteiger partial charge >= 0.3 is 11.9 Å². The van der Waals surface area contributed by atoms with E-state index in [1.165, 1.54) is 24.3 Å². The molecule has 4 nitrogen and oxygen atoms in total. The quantitative estimate of drug-likeness (QED) is 0.362. The highest BCUT2D eigenvalue weighted by molar-refractivity contribution is 7.25. The molecule has 0 bridgehead atoms. The summed E-state index contributed by atoms with van der Waals surface area (Å²) in [6, 6.07) is 8.17. The third-order valence-electron chi connectivity index (χ3n) is 3.63. The number of thiophene rings is 1. The van der Waals surface area contributed by atoms with E-state index < -0.39 is 17.8 Å². The highest BCUT2D eigenvalue weighted by Gasteiger charge is 2.17. The first kappa shape index (κ1) is 17.8. The van der Waals surface area contributed by atoms with Crippen molar-refractivity contribution in [1.82, 2.24) is 0 Å². The Balaban J connectivity index is 2.05. The van der Waals surface area contributed by atoms with Gasteiger partial charge in [0.05, 0.1) is 4.70 Å². The molecule has 0 aliphatic carbocycles. The summed E-state index contributed by atoms with van der Waals surface area (Å²) < 4.78 is 26.1. The Bertz CT molecular complexity index is 1090. The van der Waals surface area contributed by atoms with Crippen molar-refractivity contribution in [2.75, 3.05) is 0 Å². The average molecular weight is 370 g/mol. The molecule has 0 aliphatic rings. The largest absolute Gasteiger partial charge is 0.423 e. The van der Waals surface area contributed by atoms with Crippen LogP contribution in [0.15, 0.2) is 54.6 Å². The van der Waals surface area contributed by atoms with Gasteiger partial charge in [0.2, 0.25) is 0 Å². The van der Waals surface area contributed by atoms with Crippen LogP contribution in [0.2, 0.25) is 0 Å². The van der Waals surface area contributed by atoms with E-state index in [1.54, 1.807) is 31.2 Å². The fourth-order valence-corrected chi connectivity index (χ4v) is 3.45. The van der Waals surface area contributed by atoms with E-state index in [1.807, 2.05) is 0 Å². The minimum absolute atomic E-state index is 0.147. The molecule has 6 heteroatoms. The van der Waals surface area contributed by atoms with Crippen LogP contribution in [0.1, 0.15) is 13.8 Å². The fourth-order valence-electron chi connectivity index (χ4n) is 2.29. The summed E-state index contributed by atoms with van der Waals surface area (Å²) in [5.41, 5.74) is 0.473. The minimum Gasteiger partial charge on any atom is -0.423 e. The molecule has 0 spiro atoms. The first-order valence-electron chi connectivity index (χ1n) is 7.68. The Hall–Kier alpha value is -2.99. The van der Waals surface area contributed by atoms with E-state index >= 15 is 0 Å². The van der Waals surface area contributed by atoms with Gasteiger partial charge in [-0.25, -0.2) is 14.0 Å². The number of esters is 2. The second-order valence-corrected chi connectivity index (χ2v) is 6.91. The van der Waals surface area contributed by atoms with Gasteiger partial charge in [-0.2, -0.15) is 0 Å². The van der Waals surface area contributed by atoms with Crippen LogP contribution in [-0.4, -0.2) is 11.9 Å². The molecule has 0 unspecified atom stereocenters. The van der Waals surface area contributed by atoms with Crippen molar-refractivity contribution >= 4 is 43.4 Å². The molecular weight excluding hydrogens is 355 g/mol. The van der Waals surface area contributed by atoms with E-state index in [4.69, 9.17) is 9.47 Å². The van der Waals surface area contributed by atoms with Crippen molar-refractivity contribution < 1.29 is 23.5 Å². The highest BCUT2D eigenvalue weighted by Crippen LogP contribution is 2.40. The Morgan fingerprint density at radius 2 is 1.58 bits per heavy atom. The van der Waals surface area contributed by atoms with Crippen LogP contribution in [0.4, 0.5) is 4.39 Å². The number of hydrogen-bond acceptors (Lipinski definition) is 5. The number of carbonyl (C=O) groups is 2. The van der Waals surface area contributed by atoms with Gasteiger partial charge in [0.15, 0.2) is 11.6 Å². The van der Waals surface area contributed by atoms with Gasteiger partial charge in [-0.1, -0.05) is 13.2 Å². The van der Waals surface area contributed by atoms with Crippen LogP contribution in [0.3, 0.4) is 0 Å². The molecule has 26 heavy (non-hydrogen) atoms. The van der Waals surface area contributed by atoms with Crippen molar-refractivity contribution in [2.24, 2.45) is 0 Å². The number of rotatable bonds is 4. The van der Waals surface area contributed by atoms with Crippen molar-refractivity contribution in [1.29, 1.82) is 0 Å². The smallest absolute Gasteiger partial charge is 0.338 e. The molecule has 1 aromatic heterocycles. The zero-order chi connectivity index (χ0) is 19.0. The monoisotopic (exact) mass is 370 g/mol. The molecule has 0 saturated carbocycles. The summed E-state index contributed by atoms with van der Waals surface area (Å²) in [6.07, 6.45) is 0. The second kappa shape index (κ2) is 6.72. The second-order valence-electron chi connectivity index (χ2n) is 5.85. The number of fused-ring (bicyclic) bond motifs is 3. The molecule has 2 aromatic carbocycles. The molecule has 3 rings (SSSR count). The summed E-state index contributed by atoms with van der Waals surface area (Å²) in [7, 11) is 0. The molecule has 132 valence electrons. The number of halogens is 1. The molecule has 0 aliphatic heterocycles. The van der Waals surface area contributed by atoms with Gasteiger partial charge in [-0.3, -0.25) is 0 Å². The van der Waals surface area contributed by atoms with E-state index in [0.29, 0.717) is 15.8 Å². The van der Waals surface area contributed by atoms with Crippen molar-refractivity contribution in [3.8, 4) is 11.5 Å². The summed E-state index contributed by atoms with van der Waals surface area (Å²) in [5, 5.41) is 1.51. The van der Waals surface area contributed by atoms with Gasteiger partial charge in [0.25, 0.3) is 0 Å². The fraction of sp³-hybridized carbons (Fsp3) is 0.100. The topological polar surface area (TPSA) is 52.6 Å². The Kier molecular flexibility index (Phi) is 4.61. The Morgan fingerprint density at radius 1 is 0.962 bits per heavy atom. The maximum absolute atomic E-state index is 14.8. The van der Waals surface area contributed by atoms with Crippen molar-refractivity contribution in [2.45, 2.75) is 13.8 Å². The summed E-state index contributed by atoms with van der Waals surface area (Å²) >= 11 is 1.19. The minimum atomic E-state index is -0.682. The molecule has 3 aromatic rings. The van der Waals surface area contributed by atoms with E-state index in [0.717, 1.165) is 10.1 Å². The van der Waals surface area contributed by atoms with Gasteiger partial charge in [0, 0.05) is 26.6 Å². The van der Waals surface area contributed by atoms with Gasteiger partial charge in [0.1, 0.15) is 5.75 Å². The zero-order valence-corrected chi connectivity index (χ0v) is 15.0. The van der Waals surface area contributed by atoms with Crippen LogP contribution in [0, 0.1) is 5.82 Å². The van der Waals surface area contributed by atoms with Crippen LogP contribution >= 0.6 is 11.3 Å². The van der Waals surface area contributed by atoms with E-state index in [-0.39, 0.29) is 16.9 Å². The number of benzene rings is 2. The first-order valence-corrected chi connectivity index (χ1v) is 8.49. The highest BCUT2D eigenvalue weighted by atomic mass is 32.1. The first-order chi connectivity index (χ1) is 12.3. The van der Waals surface area contributed by atoms with Crippen LogP contribution in [0.25, 0.3) is 20.2 Å². The average Bonchev–Trinajstić information content (AvgIpc) is 2.95. The lowest BCUT2D eigenvalue weighted by atomic mass is 10.1. The van der Waals surface area contributed by atoms with Gasteiger partial charge < -0.3 is 9.47 Å². The van der Waals surface area contributed by atoms with Crippen molar-refractivity contribution in [3.63, 3.8) is 0 Å². The van der Waals surface area contributed by atoms with E-state index in [2.05, 4.69) is 13.2 Å². The Labute approximate surface area is 153 Å². The number of hydrogen-bond donors (Lipinski definition) is 0.